The molecule has 2 heterocycles. The Labute approximate surface area is 188 Å². The number of hydrogen-bond acceptors (Lipinski definition) is 7. The lowest BCUT2D eigenvalue weighted by Gasteiger charge is -2.47. The number of rotatable bonds is 4. The number of Topliss-reactive ketones (excluding diaryl/α,β-unsaturated/α-hetero) is 1. The van der Waals surface area contributed by atoms with Gasteiger partial charge in [0.15, 0.2) is 17.3 Å². The van der Waals surface area contributed by atoms with E-state index in [1.807, 2.05) is 13.8 Å². The summed E-state index contributed by atoms with van der Waals surface area (Å²) in [5, 5.41) is 41.3. The molecule has 2 aliphatic heterocycles. The van der Waals surface area contributed by atoms with Gasteiger partial charge in [-0.1, -0.05) is 17.7 Å². The second kappa shape index (κ2) is 8.21. The van der Waals surface area contributed by atoms with E-state index >= 15 is 0 Å². The molecule has 7 nitrogen and oxygen atoms in total. The zero-order chi connectivity index (χ0) is 23.4. The van der Waals surface area contributed by atoms with Crippen molar-refractivity contribution in [3.8, 4) is 11.5 Å². The molecule has 32 heavy (non-hydrogen) atoms. The molecule has 7 heteroatoms. The van der Waals surface area contributed by atoms with E-state index in [1.165, 1.54) is 24.5 Å². The lowest BCUT2D eigenvalue weighted by Crippen LogP contribution is -2.58. The van der Waals surface area contributed by atoms with Gasteiger partial charge in [-0.25, -0.2) is 0 Å². The van der Waals surface area contributed by atoms with E-state index < -0.39 is 29.8 Å². The Morgan fingerprint density at radius 2 is 1.91 bits per heavy atom. The average molecular weight is 445 g/mol. The Kier molecular flexibility index (Phi) is 5.86. The smallest absolute Gasteiger partial charge is 0.175 e. The van der Waals surface area contributed by atoms with E-state index in [-0.39, 0.29) is 40.8 Å². The number of fused-ring (bicyclic) bond motifs is 2. The lowest BCUT2D eigenvalue weighted by molar-refractivity contribution is -0.168. The number of aromatic hydroxyl groups is 2. The second-order valence-electron chi connectivity index (χ2n) is 10.0. The third-order valence-corrected chi connectivity index (χ3v) is 7.02. The molecule has 7 unspecified atom stereocenters. The highest BCUT2D eigenvalue weighted by Gasteiger charge is 2.59. The number of phenols is 2. The summed E-state index contributed by atoms with van der Waals surface area (Å²) in [5.41, 5.74) is 0.731. The van der Waals surface area contributed by atoms with Gasteiger partial charge in [-0.05, 0) is 58.2 Å². The molecule has 0 bridgehead atoms. The van der Waals surface area contributed by atoms with E-state index in [0.29, 0.717) is 18.4 Å². The fraction of sp³-hybridized carbons (Fsp3) is 0.560. The van der Waals surface area contributed by atoms with Crippen LogP contribution >= 0.6 is 0 Å². The van der Waals surface area contributed by atoms with Crippen molar-refractivity contribution in [3.05, 3.63) is 41.7 Å². The molecule has 2 fully saturated rings. The van der Waals surface area contributed by atoms with Crippen LogP contribution in [0.2, 0.25) is 0 Å². The molecular weight excluding hydrogens is 412 g/mol. The van der Waals surface area contributed by atoms with E-state index in [2.05, 4.69) is 6.08 Å². The topological polar surface area (TPSA) is 116 Å². The van der Waals surface area contributed by atoms with Crippen molar-refractivity contribution in [2.24, 2.45) is 17.8 Å². The number of hydrogen-bond donors (Lipinski definition) is 4. The lowest BCUT2D eigenvalue weighted by atomic mass is 9.64. The quantitative estimate of drug-likeness (QED) is 0.417. The molecule has 7 atom stereocenters. The summed E-state index contributed by atoms with van der Waals surface area (Å²) in [6.07, 6.45) is 2.23. The minimum Gasteiger partial charge on any atom is -0.504 e. The molecule has 1 aliphatic carbocycles. The van der Waals surface area contributed by atoms with Crippen molar-refractivity contribution in [3.63, 3.8) is 0 Å². The standard InChI is InChI=1S/C25H32O7/c1-12(2)5-7-14-23-15(10-19(32-23)25(3,4)30)21(28)20-22(29)16(11-31-24(14)20)13-6-8-17(26)18(27)9-13/h5-6,8-9,11,14-15,19-21,23-24,26-28,30H,7,10H2,1-4H3. The molecule has 4 N–H and O–H groups in total. The van der Waals surface area contributed by atoms with Gasteiger partial charge in [0.25, 0.3) is 0 Å². The Bertz CT molecular complexity index is 954. The van der Waals surface area contributed by atoms with Gasteiger partial charge in [-0.15, -0.1) is 0 Å². The minimum atomic E-state index is -1.07. The molecule has 3 aliphatic rings. The first-order valence-corrected chi connectivity index (χ1v) is 11.1. The molecule has 1 aromatic carbocycles. The Hall–Kier alpha value is -2.35. The summed E-state index contributed by atoms with van der Waals surface area (Å²) in [7, 11) is 0. The van der Waals surface area contributed by atoms with Crippen LogP contribution in [0.15, 0.2) is 36.1 Å². The fourth-order valence-electron chi connectivity index (χ4n) is 5.26. The number of benzene rings is 1. The summed E-state index contributed by atoms with van der Waals surface area (Å²) in [6.45, 7) is 7.39. The minimum absolute atomic E-state index is 0.161. The molecule has 0 amide bonds. The Balaban J connectivity index is 1.71. The van der Waals surface area contributed by atoms with Crippen LogP contribution in [0, 0.1) is 17.8 Å². The van der Waals surface area contributed by atoms with Crippen molar-refractivity contribution >= 4 is 11.4 Å². The summed E-state index contributed by atoms with van der Waals surface area (Å²) in [6, 6.07) is 4.16. The SMILES string of the molecule is CC(C)=CCC1C2OC(C(C)(C)O)CC2C(O)C2C(=O)C(c3ccc(O)c(O)c3)=COC12. The van der Waals surface area contributed by atoms with Crippen molar-refractivity contribution in [1.29, 1.82) is 0 Å². The molecule has 1 saturated carbocycles. The van der Waals surface area contributed by atoms with Crippen LogP contribution in [0.25, 0.3) is 5.57 Å². The molecule has 0 spiro atoms. The Morgan fingerprint density at radius 1 is 1.19 bits per heavy atom. The molecule has 174 valence electrons. The van der Waals surface area contributed by atoms with Crippen molar-refractivity contribution in [2.75, 3.05) is 0 Å². The van der Waals surface area contributed by atoms with Gasteiger partial charge in [0.05, 0.1) is 41.7 Å². The van der Waals surface area contributed by atoms with E-state index in [1.54, 1.807) is 13.8 Å². The first kappa shape index (κ1) is 22.8. The average Bonchev–Trinajstić information content (AvgIpc) is 3.16. The number of ketones is 1. The van der Waals surface area contributed by atoms with E-state index in [4.69, 9.17) is 9.47 Å². The van der Waals surface area contributed by atoms with Gasteiger partial charge in [0.2, 0.25) is 0 Å². The summed E-state index contributed by atoms with van der Waals surface area (Å²) in [5.74, 6) is -2.12. The van der Waals surface area contributed by atoms with Gasteiger partial charge < -0.3 is 29.9 Å². The van der Waals surface area contributed by atoms with Gasteiger partial charge >= 0.3 is 0 Å². The van der Waals surface area contributed by atoms with Crippen LogP contribution in [0.4, 0.5) is 0 Å². The van der Waals surface area contributed by atoms with Gasteiger partial charge in [0.1, 0.15) is 6.10 Å². The zero-order valence-corrected chi connectivity index (χ0v) is 18.9. The molecule has 1 saturated heterocycles. The van der Waals surface area contributed by atoms with Gasteiger partial charge in [0, 0.05) is 11.8 Å². The maximum atomic E-state index is 13.6. The number of aliphatic hydroxyl groups excluding tert-OH is 1. The maximum absolute atomic E-state index is 13.6. The number of phenolic OH excluding ortho intramolecular Hbond substituents is 2. The monoisotopic (exact) mass is 444 g/mol. The van der Waals surface area contributed by atoms with Gasteiger partial charge in [-0.3, -0.25) is 4.79 Å². The number of carbonyl (C=O) groups is 1. The fourth-order valence-corrected chi connectivity index (χ4v) is 5.26. The highest BCUT2D eigenvalue weighted by molar-refractivity contribution is 6.22. The van der Waals surface area contributed by atoms with Crippen molar-refractivity contribution in [1.82, 2.24) is 0 Å². The maximum Gasteiger partial charge on any atom is 0.175 e. The number of ether oxygens (including phenoxy) is 2. The van der Waals surface area contributed by atoms with Crippen LogP contribution in [0.3, 0.4) is 0 Å². The molecule has 0 radical (unpaired) electrons. The number of aliphatic hydroxyl groups is 2. The molecule has 0 aromatic heterocycles. The van der Waals surface area contributed by atoms with Crippen LogP contribution in [-0.4, -0.2) is 56.2 Å². The van der Waals surface area contributed by atoms with Crippen LogP contribution in [-0.2, 0) is 14.3 Å². The molecular formula is C25H32O7. The number of allylic oxidation sites excluding steroid dienone is 3. The third kappa shape index (κ3) is 3.93. The second-order valence-corrected chi connectivity index (χ2v) is 10.0. The largest absolute Gasteiger partial charge is 0.504 e. The zero-order valence-electron chi connectivity index (χ0n) is 18.9. The highest BCUT2D eigenvalue weighted by Crippen LogP contribution is 2.50. The Morgan fingerprint density at radius 3 is 2.53 bits per heavy atom. The third-order valence-electron chi connectivity index (χ3n) is 7.02. The molecule has 4 rings (SSSR count). The first-order chi connectivity index (χ1) is 15.0. The van der Waals surface area contributed by atoms with Crippen molar-refractivity contribution < 1.29 is 34.7 Å². The normalized spacial score (nSPS) is 34.2. The van der Waals surface area contributed by atoms with Crippen molar-refractivity contribution in [2.45, 2.75) is 70.6 Å². The summed E-state index contributed by atoms with van der Waals surface area (Å²) >= 11 is 0. The summed E-state index contributed by atoms with van der Waals surface area (Å²) in [4.78, 5) is 13.6. The van der Waals surface area contributed by atoms with E-state index in [0.717, 1.165) is 5.57 Å². The van der Waals surface area contributed by atoms with Crippen LogP contribution in [0.1, 0.15) is 46.1 Å². The highest BCUT2D eigenvalue weighted by atomic mass is 16.5. The first-order valence-electron chi connectivity index (χ1n) is 11.1. The molecule has 1 aromatic rings. The van der Waals surface area contributed by atoms with E-state index in [9.17, 15) is 25.2 Å². The summed E-state index contributed by atoms with van der Waals surface area (Å²) < 4.78 is 12.3. The van der Waals surface area contributed by atoms with Crippen LogP contribution < -0.4 is 0 Å². The number of carbonyl (C=O) groups excluding carboxylic acids is 1. The van der Waals surface area contributed by atoms with Gasteiger partial charge in [-0.2, -0.15) is 0 Å². The predicted molar refractivity (Wildman–Crippen MR) is 118 cm³/mol. The van der Waals surface area contributed by atoms with Crippen LogP contribution in [0.5, 0.6) is 11.5 Å². The predicted octanol–water partition coefficient (Wildman–Crippen LogP) is 2.91.